The second-order valence-corrected chi connectivity index (χ2v) is 9.45. The van der Waals surface area contributed by atoms with Gasteiger partial charge in [0.15, 0.2) is 0 Å². The lowest BCUT2D eigenvalue weighted by Gasteiger charge is -2.09. The van der Waals surface area contributed by atoms with Gasteiger partial charge in [-0.05, 0) is 35.9 Å². The van der Waals surface area contributed by atoms with Crippen molar-refractivity contribution in [3.05, 3.63) is 96.8 Å². The summed E-state index contributed by atoms with van der Waals surface area (Å²) in [5, 5.41) is -0.225. The average molecular weight is 457 g/mol. The molecule has 5 rings (SSSR count). The van der Waals surface area contributed by atoms with E-state index in [9.17, 15) is 8.42 Å². The van der Waals surface area contributed by atoms with E-state index < -0.39 is 9.84 Å². The number of rotatable bonds is 6. The van der Waals surface area contributed by atoms with Crippen LogP contribution in [-0.4, -0.2) is 34.0 Å². The Balaban J connectivity index is 1.60. The van der Waals surface area contributed by atoms with Gasteiger partial charge in [0.05, 0.1) is 17.1 Å². The molecule has 0 saturated carbocycles. The van der Waals surface area contributed by atoms with Crippen LogP contribution in [0.4, 0.5) is 0 Å². The molecular formula is C25H20N4O3S. The first kappa shape index (κ1) is 20.8. The minimum absolute atomic E-state index is 0.225. The lowest BCUT2D eigenvalue weighted by molar-refractivity contribution is 0.306. The molecule has 0 unspecified atom stereocenters. The topological polar surface area (TPSA) is 86.5 Å². The Morgan fingerprint density at radius 3 is 2.55 bits per heavy atom. The van der Waals surface area contributed by atoms with E-state index >= 15 is 0 Å². The number of imidazole rings is 1. The van der Waals surface area contributed by atoms with Crippen LogP contribution >= 0.6 is 0 Å². The number of nitrogens with zero attached hydrogens (tertiary/aromatic N) is 4. The van der Waals surface area contributed by atoms with Gasteiger partial charge in [-0.1, -0.05) is 48.5 Å². The molecule has 2 aromatic carbocycles. The predicted octanol–water partition coefficient (Wildman–Crippen LogP) is 4.44. The zero-order valence-corrected chi connectivity index (χ0v) is 18.6. The van der Waals surface area contributed by atoms with Crippen molar-refractivity contribution in [2.75, 3.05) is 6.26 Å². The standard InChI is InChI=1S/C25H20N4O3S/c1-33(30,31)25-26-14-13-21(27-25)24-23(28-22-12-5-6-15-29(22)24)19-10-7-11-20(16-19)32-17-18-8-3-2-4-9-18/h2-16H,17H2,1H3. The fourth-order valence-corrected chi connectivity index (χ4v) is 4.08. The molecule has 0 fully saturated rings. The fraction of sp³-hybridized carbons (Fsp3) is 0.0800. The summed E-state index contributed by atoms with van der Waals surface area (Å²) in [7, 11) is -3.56. The van der Waals surface area contributed by atoms with Crippen LogP contribution in [0.25, 0.3) is 28.3 Å². The first-order chi connectivity index (χ1) is 16.0. The summed E-state index contributed by atoms with van der Waals surface area (Å²) in [6.45, 7) is 0.450. The first-order valence-corrected chi connectivity index (χ1v) is 12.2. The van der Waals surface area contributed by atoms with Gasteiger partial charge in [0.25, 0.3) is 0 Å². The SMILES string of the molecule is CS(=O)(=O)c1nccc(-c2c(-c3cccc(OCc4ccccc4)c3)nc3ccccn23)n1. The number of hydrogen-bond donors (Lipinski definition) is 0. The smallest absolute Gasteiger partial charge is 0.247 e. The summed E-state index contributed by atoms with van der Waals surface area (Å²) in [4.78, 5) is 13.1. The quantitative estimate of drug-likeness (QED) is 0.351. The van der Waals surface area contributed by atoms with Gasteiger partial charge in [0.2, 0.25) is 15.0 Å². The van der Waals surface area contributed by atoms with Crippen LogP contribution in [0.5, 0.6) is 5.75 Å². The highest BCUT2D eigenvalue weighted by Crippen LogP contribution is 2.33. The minimum atomic E-state index is -3.56. The highest BCUT2D eigenvalue weighted by atomic mass is 32.2. The van der Waals surface area contributed by atoms with Crippen molar-refractivity contribution in [3.8, 4) is 28.4 Å². The lowest BCUT2D eigenvalue weighted by atomic mass is 10.1. The van der Waals surface area contributed by atoms with Crippen molar-refractivity contribution in [2.24, 2.45) is 0 Å². The van der Waals surface area contributed by atoms with Gasteiger partial charge < -0.3 is 4.74 Å². The molecule has 0 atom stereocenters. The van der Waals surface area contributed by atoms with Crippen LogP contribution < -0.4 is 4.74 Å². The Kier molecular flexibility index (Phi) is 5.35. The van der Waals surface area contributed by atoms with E-state index in [4.69, 9.17) is 9.72 Å². The van der Waals surface area contributed by atoms with Crippen molar-refractivity contribution in [1.29, 1.82) is 0 Å². The lowest BCUT2D eigenvalue weighted by Crippen LogP contribution is -2.05. The van der Waals surface area contributed by atoms with E-state index in [1.165, 1.54) is 6.20 Å². The summed E-state index contributed by atoms with van der Waals surface area (Å²) >= 11 is 0. The third-order valence-electron chi connectivity index (χ3n) is 5.09. The normalized spacial score (nSPS) is 11.5. The van der Waals surface area contributed by atoms with E-state index in [2.05, 4.69) is 9.97 Å². The zero-order valence-electron chi connectivity index (χ0n) is 17.8. The molecule has 0 spiro atoms. The minimum Gasteiger partial charge on any atom is -0.489 e. The van der Waals surface area contributed by atoms with Crippen molar-refractivity contribution < 1.29 is 13.2 Å². The van der Waals surface area contributed by atoms with Gasteiger partial charge in [-0.2, -0.15) is 0 Å². The third kappa shape index (κ3) is 4.33. The van der Waals surface area contributed by atoms with Crippen molar-refractivity contribution in [3.63, 3.8) is 0 Å². The molecule has 3 heterocycles. The van der Waals surface area contributed by atoms with Crippen molar-refractivity contribution >= 4 is 15.5 Å². The molecule has 0 radical (unpaired) electrons. The van der Waals surface area contributed by atoms with Crippen LogP contribution in [0.3, 0.4) is 0 Å². The Labute approximate surface area is 191 Å². The maximum Gasteiger partial charge on any atom is 0.247 e. The molecule has 0 aliphatic rings. The van der Waals surface area contributed by atoms with Gasteiger partial charge >= 0.3 is 0 Å². The van der Waals surface area contributed by atoms with Crippen LogP contribution in [-0.2, 0) is 16.4 Å². The average Bonchev–Trinajstić information content (AvgIpc) is 3.23. The second-order valence-electron chi connectivity index (χ2n) is 7.54. The van der Waals surface area contributed by atoms with Gasteiger partial charge in [-0.25, -0.2) is 23.4 Å². The number of benzene rings is 2. The Morgan fingerprint density at radius 1 is 0.909 bits per heavy atom. The molecule has 5 aromatic rings. The van der Waals surface area contributed by atoms with Crippen molar-refractivity contribution in [1.82, 2.24) is 19.4 Å². The van der Waals surface area contributed by atoms with Gasteiger partial charge in [0.1, 0.15) is 18.0 Å². The zero-order chi connectivity index (χ0) is 22.8. The number of hydrogen-bond acceptors (Lipinski definition) is 6. The molecule has 0 saturated heterocycles. The molecule has 0 amide bonds. The van der Waals surface area contributed by atoms with E-state index in [1.807, 2.05) is 83.4 Å². The molecular weight excluding hydrogens is 436 g/mol. The molecule has 33 heavy (non-hydrogen) atoms. The molecule has 0 aliphatic carbocycles. The Bertz CT molecular complexity index is 1550. The molecule has 0 N–H and O–H groups in total. The van der Waals surface area contributed by atoms with E-state index in [1.54, 1.807) is 6.07 Å². The number of aromatic nitrogens is 4. The highest BCUT2D eigenvalue weighted by molar-refractivity contribution is 7.90. The molecule has 0 aliphatic heterocycles. The highest BCUT2D eigenvalue weighted by Gasteiger charge is 2.20. The molecule has 7 nitrogen and oxygen atoms in total. The van der Waals surface area contributed by atoms with Crippen LogP contribution in [0.1, 0.15) is 5.56 Å². The largest absolute Gasteiger partial charge is 0.489 e. The molecule has 0 bridgehead atoms. The fourth-order valence-electron chi connectivity index (χ4n) is 3.57. The van der Waals surface area contributed by atoms with Crippen LogP contribution in [0.2, 0.25) is 0 Å². The summed E-state index contributed by atoms with van der Waals surface area (Å²) in [6.07, 6.45) is 4.42. The van der Waals surface area contributed by atoms with Crippen LogP contribution in [0, 0.1) is 0 Å². The molecule has 3 aromatic heterocycles. The third-order valence-corrected chi connectivity index (χ3v) is 5.95. The second kappa shape index (κ2) is 8.48. The predicted molar refractivity (Wildman–Crippen MR) is 126 cm³/mol. The van der Waals surface area contributed by atoms with E-state index in [0.29, 0.717) is 29.4 Å². The van der Waals surface area contributed by atoms with Gasteiger partial charge in [0, 0.05) is 24.2 Å². The van der Waals surface area contributed by atoms with Crippen LogP contribution in [0.15, 0.2) is 96.4 Å². The number of sulfone groups is 1. The van der Waals surface area contributed by atoms with Gasteiger partial charge in [-0.15, -0.1) is 0 Å². The van der Waals surface area contributed by atoms with E-state index in [-0.39, 0.29) is 5.16 Å². The molecule has 164 valence electrons. The Hall–Kier alpha value is -4.04. The number of pyridine rings is 1. The molecule has 8 heteroatoms. The summed E-state index contributed by atoms with van der Waals surface area (Å²) < 4.78 is 32.0. The monoisotopic (exact) mass is 456 g/mol. The van der Waals surface area contributed by atoms with E-state index in [0.717, 1.165) is 23.0 Å². The van der Waals surface area contributed by atoms with Gasteiger partial charge in [-0.3, -0.25) is 4.40 Å². The summed E-state index contributed by atoms with van der Waals surface area (Å²) in [5.74, 6) is 0.707. The summed E-state index contributed by atoms with van der Waals surface area (Å²) in [6, 6.07) is 25.0. The number of fused-ring (bicyclic) bond motifs is 1. The maximum absolute atomic E-state index is 12.0. The van der Waals surface area contributed by atoms with Crippen molar-refractivity contribution in [2.45, 2.75) is 11.8 Å². The maximum atomic E-state index is 12.0. The Morgan fingerprint density at radius 2 is 1.73 bits per heavy atom. The summed E-state index contributed by atoms with van der Waals surface area (Å²) in [5.41, 5.74) is 4.44. The first-order valence-electron chi connectivity index (χ1n) is 10.3. The number of ether oxygens (including phenoxy) is 1.